The van der Waals surface area contributed by atoms with E-state index in [1.807, 2.05) is 66.7 Å². The van der Waals surface area contributed by atoms with Crippen LogP contribution in [0.3, 0.4) is 0 Å². The topological polar surface area (TPSA) is 51.8 Å². The first-order valence-electron chi connectivity index (χ1n) is 16.4. The number of hydrogen-bond acceptors (Lipinski definition) is 4. The van der Waals surface area contributed by atoms with Crippen LogP contribution in [0.2, 0.25) is 0 Å². The van der Waals surface area contributed by atoms with E-state index in [4.69, 9.17) is 14.4 Å². The average Bonchev–Trinajstić information content (AvgIpc) is 3.63. The SMILES string of the molecule is c1ccc(-c2nc3ccccc3nc2-c2ccc(-c3ccc(-c4ccc(-c5ccc(-c6nc7ccccc7o6)cc5)cc4)cc3)cc2)cc1. The Bertz CT molecular complexity index is 2520. The highest BCUT2D eigenvalue weighted by Gasteiger charge is 2.14. The van der Waals surface area contributed by atoms with Gasteiger partial charge in [-0.15, -0.1) is 0 Å². The van der Waals surface area contributed by atoms with E-state index < -0.39 is 0 Å². The molecule has 7 aromatic carbocycles. The van der Waals surface area contributed by atoms with Crippen molar-refractivity contribution in [2.75, 3.05) is 0 Å². The maximum absolute atomic E-state index is 5.94. The lowest BCUT2D eigenvalue weighted by atomic mass is 9.97. The van der Waals surface area contributed by atoms with Gasteiger partial charge in [-0.25, -0.2) is 15.0 Å². The highest BCUT2D eigenvalue weighted by Crippen LogP contribution is 2.34. The van der Waals surface area contributed by atoms with Gasteiger partial charge in [0.2, 0.25) is 5.89 Å². The summed E-state index contributed by atoms with van der Waals surface area (Å²) >= 11 is 0. The molecule has 0 N–H and O–H groups in total. The minimum absolute atomic E-state index is 0.638. The van der Waals surface area contributed by atoms with Crippen LogP contribution in [0.4, 0.5) is 0 Å². The van der Waals surface area contributed by atoms with Gasteiger partial charge >= 0.3 is 0 Å². The molecule has 9 rings (SSSR count). The first kappa shape index (κ1) is 28.6. The molecule has 0 spiro atoms. The molecule has 0 amide bonds. The summed E-state index contributed by atoms with van der Waals surface area (Å²) in [5, 5.41) is 0. The van der Waals surface area contributed by atoms with E-state index in [9.17, 15) is 0 Å². The highest BCUT2D eigenvalue weighted by atomic mass is 16.3. The normalized spacial score (nSPS) is 11.3. The average molecular weight is 628 g/mol. The van der Waals surface area contributed by atoms with Gasteiger partial charge in [-0.3, -0.25) is 0 Å². The Balaban J connectivity index is 0.934. The molecule has 9 aromatic rings. The van der Waals surface area contributed by atoms with Gasteiger partial charge in [0, 0.05) is 16.7 Å². The molecule has 4 nitrogen and oxygen atoms in total. The Kier molecular flexibility index (Phi) is 7.10. The maximum Gasteiger partial charge on any atom is 0.227 e. The molecule has 0 fully saturated rings. The van der Waals surface area contributed by atoms with Crippen molar-refractivity contribution >= 4 is 22.1 Å². The van der Waals surface area contributed by atoms with Gasteiger partial charge in [0.25, 0.3) is 0 Å². The van der Waals surface area contributed by atoms with E-state index in [1.165, 1.54) is 16.7 Å². The van der Waals surface area contributed by atoms with Gasteiger partial charge in [0.05, 0.1) is 22.4 Å². The van der Waals surface area contributed by atoms with Gasteiger partial charge < -0.3 is 4.42 Å². The monoisotopic (exact) mass is 627 g/mol. The van der Waals surface area contributed by atoms with Crippen molar-refractivity contribution in [2.45, 2.75) is 0 Å². The zero-order valence-corrected chi connectivity index (χ0v) is 26.5. The lowest BCUT2D eigenvalue weighted by Gasteiger charge is -2.11. The Morgan fingerprint density at radius 3 is 1.06 bits per heavy atom. The first-order valence-corrected chi connectivity index (χ1v) is 16.4. The smallest absolute Gasteiger partial charge is 0.227 e. The second-order valence-electron chi connectivity index (χ2n) is 12.1. The van der Waals surface area contributed by atoms with E-state index in [0.717, 1.165) is 66.9 Å². The molecule has 2 aromatic heterocycles. The fraction of sp³-hybridized carbons (Fsp3) is 0. The summed E-state index contributed by atoms with van der Waals surface area (Å²) in [5.41, 5.74) is 15.3. The Labute approximate surface area is 284 Å². The molecule has 2 heterocycles. The van der Waals surface area contributed by atoms with E-state index >= 15 is 0 Å². The van der Waals surface area contributed by atoms with Gasteiger partial charge in [0.15, 0.2) is 5.58 Å². The van der Waals surface area contributed by atoms with Gasteiger partial charge in [-0.1, -0.05) is 140 Å². The Morgan fingerprint density at radius 1 is 0.265 bits per heavy atom. The van der Waals surface area contributed by atoms with E-state index in [1.54, 1.807) is 0 Å². The quantitative estimate of drug-likeness (QED) is 0.184. The molecule has 0 saturated heterocycles. The predicted octanol–water partition coefficient (Wildman–Crippen LogP) is 11.8. The van der Waals surface area contributed by atoms with Gasteiger partial charge in [0.1, 0.15) is 5.52 Å². The van der Waals surface area contributed by atoms with Crippen LogP contribution in [-0.4, -0.2) is 15.0 Å². The summed E-state index contributed by atoms with van der Waals surface area (Å²) in [7, 11) is 0. The maximum atomic E-state index is 5.94. The third-order valence-corrected chi connectivity index (χ3v) is 8.97. The number of rotatable bonds is 6. The molecular formula is C45H29N3O. The molecule has 4 heteroatoms. The number of aromatic nitrogens is 3. The van der Waals surface area contributed by atoms with E-state index in [0.29, 0.717) is 5.89 Å². The molecule has 0 unspecified atom stereocenters. The van der Waals surface area contributed by atoms with Crippen molar-refractivity contribution in [1.29, 1.82) is 0 Å². The summed E-state index contributed by atoms with van der Waals surface area (Å²) in [6, 6.07) is 60.6. The minimum atomic E-state index is 0.638. The molecule has 230 valence electrons. The number of nitrogens with zero attached hydrogens (tertiary/aromatic N) is 3. The van der Waals surface area contributed by atoms with Gasteiger partial charge in [-0.05, 0) is 69.8 Å². The predicted molar refractivity (Wildman–Crippen MR) is 200 cm³/mol. The number of para-hydroxylation sites is 4. The van der Waals surface area contributed by atoms with Crippen molar-refractivity contribution < 1.29 is 4.42 Å². The van der Waals surface area contributed by atoms with Crippen molar-refractivity contribution in [3.05, 3.63) is 176 Å². The van der Waals surface area contributed by atoms with Crippen LogP contribution in [0.25, 0.3) is 89.5 Å². The molecule has 0 saturated carbocycles. The van der Waals surface area contributed by atoms with Crippen molar-refractivity contribution in [1.82, 2.24) is 15.0 Å². The van der Waals surface area contributed by atoms with E-state index in [2.05, 4.69) is 114 Å². The number of oxazole rings is 1. The van der Waals surface area contributed by atoms with Crippen molar-refractivity contribution in [3.8, 4) is 67.3 Å². The Hall–Kier alpha value is -6.65. The fourth-order valence-electron chi connectivity index (χ4n) is 6.33. The molecule has 0 bridgehead atoms. The standard InChI is InChI=1S/C45H29N3O/c1-2-8-36(9-3-1)43-44(47-40-11-5-4-10-39(40)46-43)37-26-22-34(23-27-37)32-18-14-30(15-19-32)31-16-20-33(21-17-31)35-24-28-38(29-25-35)45-48-41-12-6-7-13-42(41)49-45/h1-29H. The summed E-state index contributed by atoms with van der Waals surface area (Å²) < 4.78 is 5.94. The highest BCUT2D eigenvalue weighted by molar-refractivity contribution is 5.87. The fourth-order valence-corrected chi connectivity index (χ4v) is 6.33. The summed E-state index contributed by atoms with van der Waals surface area (Å²) in [5.74, 6) is 0.638. The van der Waals surface area contributed by atoms with Gasteiger partial charge in [-0.2, -0.15) is 0 Å². The van der Waals surface area contributed by atoms with Crippen LogP contribution >= 0.6 is 0 Å². The van der Waals surface area contributed by atoms with Crippen molar-refractivity contribution in [2.24, 2.45) is 0 Å². The lowest BCUT2D eigenvalue weighted by Crippen LogP contribution is -1.95. The largest absolute Gasteiger partial charge is 0.436 e. The lowest BCUT2D eigenvalue weighted by molar-refractivity contribution is 0.620. The molecular weight excluding hydrogens is 599 g/mol. The molecule has 49 heavy (non-hydrogen) atoms. The van der Waals surface area contributed by atoms with Crippen LogP contribution in [0.15, 0.2) is 180 Å². The Morgan fingerprint density at radius 2 is 0.612 bits per heavy atom. The van der Waals surface area contributed by atoms with Crippen LogP contribution in [0.1, 0.15) is 0 Å². The number of benzene rings is 7. The zero-order valence-electron chi connectivity index (χ0n) is 26.5. The summed E-state index contributed by atoms with van der Waals surface area (Å²) in [6.45, 7) is 0. The second kappa shape index (κ2) is 12.2. The minimum Gasteiger partial charge on any atom is -0.436 e. The number of fused-ring (bicyclic) bond motifs is 2. The molecule has 0 radical (unpaired) electrons. The summed E-state index contributed by atoms with van der Waals surface area (Å²) in [6.07, 6.45) is 0. The van der Waals surface area contributed by atoms with Crippen LogP contribution in [0.5, 0.6) is 0 Å². The molecule has 0 aliphatic heterocycles. The second-order valence-corrected chi connectivity index (χ2v) is 12.1. The van der Waals surface area contributed by atoms with E-state index in [-0.39, 0.29) is 0 Å². The van der Waals surface area contributed by atoms with Crippen molar-refractivity contribution in [3.63, 3.8) is 0 Å². The first-order chi connectivity index (χ1) is 24.2. The number of hydrogen-bond donors (Lipinski definition) is 0. The molecule has 0 aliphatic carbocycles. The van der Waals surface area contributed by atoms with Crippen LogP contribution in [0, 0.1) is 0 Å². The third kappa shape index (κ3) is 5.56. The molecule has 0 aliphatic rings. The van der Waals surface area contributed by atoms with Crippen LogP contribution in [-0.2, 0) is 0 Å². The van der Waals surface area contributed by atoms with Crippen LogP contribution < -0.4 is 0 Å². The third-order valence-electron chi connectivity index (χ3n) is 8.97. The summed E-state index contributed by atoms with van der Waals surface area (Å²) in [4.78, 5) is 14.7. The zero-order chi connectivity index (χ0) is 32.6. The molecule has 0 atom stereocenters.